The first-order valence-electron chi connectivity index (χ1n) is 8.21. The summed E-state index contributed by atoms with van der Waals surface area (Å²) in [6.45, 7) is 0.631. The van der Waals surface area contributed by atoms with Gasteiger partial charge in [-0.25, -0.2) is 38.7 Å². The Bertz CT molecular complexity index is 688. The molecular formula is C15H20O15. The summed E-state index contributed by atoms with van der Waals surface area (Å²) in [5, 5.41) is 49.6. The van der Waals surface area contributed by atoms with Crippen molar-refractivity contribution < 1.29 is 73.8 Å². The minimum absolute atomic E-state index is 0.798. The number of ether oxygens (including phenoxy) is 1. The molecule has 0 bridgehead atoms. The zero-order valence-electron chi connectivity index (χ0n) is 15.6. The van der Waals surface area contributed by atoms with Crippen LogP contribution in [0.1, 0.15) is 20.3 Å². The summed E-state index contributed by atoms with van der Waals surface area (Å²) in [6, 6.07) is 0. The highest BCUT2D eigenvalue weighted by atomic mass is 17.2. The largest absolute Gasteiger partial charge is 0.421 e. The fourth-order valence-corrected chi connectivity index (χ4v) is 2.37. The van der Waals surface area contributed by atoms with Crippen LogP contribution in [0.4, 0.5) is 0 Å². The Morgan fingerprint density at radius 1 is 0.967 bits per heavy atom. The monoisotopic (exact) mass is 440 g/mol. The van der Waals surface area contributed by atoms with Crippen molar-refractivity contribution in [2.75, 3.05) is 6.61 Å². The second-order valence-electron chi connectivity index (χ2n) is 6.13. The van der Waals surface area contributed by atoms with Crippen LogP contribution < -0.4 is 0 Å². The first-order valence-corrected chi connectivity index (χ1v) is 8.21. The third-order valence-electron chi connectivity index (χ3n) is 3.89. The van der Waals surface area contributed by atoms with Crippen molar-refractivity contribution in [1.82, 2.24) is 0 Å². The van der Waals surface area contributed by atoms with Crippen LogP contribution in [-0.2, 0) is 48.3 Å². The molecule has 15 heteroatoms. The highest BCUT2D eigenvalue weighted by Gasteiger charge is 2.60. The van der Waals surface area contributed by atoms with E-state index < -0.39 is 78.8 Å². The Morgan fingerprint density at radius 3 is 2.07 bits per heavy atom. The van der Waals surface area contributed by atoms with Crippen LogP contribution in [0.15, 0.2) is 0 Å². The lowest BCUT2D eigenvalue weighted by Crippen LogP contribution is -2.69. The van der Waals surface area contributed by atoms with Crippen molar-refractivity contribution in [2.45, 2.75) is 50.5 Å². The molecule has 0 aromatic rings. The summed E-state index contributed by atoms with van der Waals surface area (Å²) < 4.78 is 4.91. The van der Waals surface area contributed by atoms with E-state index in [1.54, 1.807) is 0 Å². The molecule has 15 nitrogen and oxygen atoms in total. The average molecular weight is 440 g/mol. The van der Waals surface area contributed by atoms with Crippen molar-refractivity contribution in [2.24, 2.45) is 5.92 Å². The van der Waals surface area contributed by atoms with Crippen LogP contribution in [-0.4, -0.2) is 92.0 Å². The maximum atomic E-state index is 12.2. The normalized spacial score (nSPS) is 29.3. The first kappa shape index (κ1) is 25.3. The van der Waals surface area contributed by atoms with Crippen LogP contribution in [0.2, 0.25) is 0 Å². The lowest BCUT2D eigenvalue weighted by Gasteiger charge is -2.47. The maximum absolute atomic E-state index is 12.2. The van der Waals surface area contributed by atoms with Gasteiger partial charge in [-0.15, -0.1) is 0 Å². The average Bonchev–Trinajstić information content (AvgIpc) is 2.69. The summed E-state index contributed by atoms with van der Waals surface area (Å²) in [6.07, 6.45) is -9.53. The van der Waals surface area contributed by atoms with Crippen molar-refractivity contribution in [3.05, 3.63) is 0 Å². The van der Waals surface area contributed by atoms with Gasteiger partial charge in [0.2, 0.25) is 11.6 Å². The summed E-state index contributed by atoms with van der Waals surface area (Å²) in [4.78, 5) is 72.7. The molecule has 170 valence electrons. The third-order valence-corrected chi connectivity index (χ3v) is 3.89. The van der Waals surface area contributed by atoms with E-state index in [-0.39, 0.29) is 0 Å². The van der Waals surface area contributed by atoms with E-state index in [1.165, 1.54) is 0 Å². The number of hydrogen-bond donors (Lipinski definition) is 5. The van der Waals surface area contributed by atoms with Gasteiger partial charge in [0.05, 0.1) is 13.0 Å². The highest BCUT2D eigenvalue weighted by Crippen LogP contribution is 2.36. The van der Waals surface area contributed by atoms with Gasteiger partial charge in [-0.2, -0.15) is 0 Å². The van der Waals surface area contributed by atoms with Gasteiger partial charge in [0.1, 0.15) is 30.3 Å². The number of hydrogen-bond acceptors (Lipinski definition) is 15. The number of rotatable bonds is 6. The molecule has 0 aromatic carbocycles. The summed E-state index contributed by atoms with van der Waals surface area (Å²) in [5.41, 5.74) is 0. The topological polar surface area (TPSA) is 233 Å². The van der Waals surface area contributed by atoms with E-state index in [0.29, 0.717) is 0 Å². The molecule has 0 aliphatic carbocycles. The van der Waals surface area contributed by atoms with Crippen molar-refractivity contribution in [3.63, 3.8) is 0 Å². The first-order chi connectivity index (χ1) is 13.8. The summed E-state index contributed by atoms with van der Waals surface area (Å²) in [7, 11) is 0. The minimum Gasteiger partial charge on any atom is -0.394 e. The Morgan fingerprint density at radius 2 is 1.57 bits per heavy atom. The van der Waals surface area contributed by atoms with E-state index in [1.807, 2.05) is 0 Å². The van der Waals surface area contributed by atoms with Crippen molar-refractivity contribution >= 4 is 29.7 Å². The maximum Gasteiger partial charge on any atom is 0.421 e. The Kier molecular flexibility index (Phi) is 8.76. The van der Waals surface area contributed by atoms with Gasteiger partial charge in [-0.05, 0) is 0 Å². The van der Waals surface area contributed by atoms with Gasteiger partial charge in [0.25, 0.3) is 0 Å². The molecule has 6 atom stereocenters. The van der Waals surface area contributed by atoms with Gasteiger partial charge in [0.15, 0.2) is 0 Å². The second kappa shape index (κ2) is 10.4. The molecule has 0 amide bonds. The quantitative estimate of drug-likeness (QED) is 0.149. The van der Waals surface area contributed by atoms with E-state index in [9.17, 15) is 49.5 Å². The highest BCUT2D eigenvalue weighted by molar-refractivity contribution is 6.32. The van der Waals surface area contributed by atoms with E-state index in [2.05, 4.69) is 19.6 Å². The van der Waals surface area contributed by atoms with Crippen LogP contribution >= 0.6 is 0 Å². The van der Waals surface area contributed by atoms with Crippen LogP contribution in [0.3, 0.4) is 0 Å². The summed E-state index contributed by atoms with van der Waals surface area (Å²) >= 11 is 0. The molecule has 0 saturated carbocycles. The fourth-order valence-electron chi connectivity index (χ4n) is 2.37. The van der Waals surface area contributed by atoms with E-state index in [0.717, 1.165) is 13.8 Å². The SMILES string of the molecule is CC(=O)OOC(=O)C(CC(=O)OOC(=O)C(C)=O)C1(O)O[C@H](CO)[C@@H](O)[C@H](O)[C@H]1O. The zero-order valence-corrected chi connectivity index (χ0v) is 15.6. The molecule has 1 aliphatic heterocycles. The molecule has 1 fully saturated rings. The number of carbonyl (C=O) groups excluding carboxylic acids is 5. The molecule has 1 aliphatic rings. The fraction of sp³-hybridized carbons (Fsp3) is 0.667. The molecule has 1 heterocycles. The number of aliphatic hydroxyl groups is 5. The van der Waals surface area contributed by atoms with Gasteiger partial charge in [0, 0.05) is 13.8 Å². The van der Waals surface area contributed by atoms with Crippen molar-refractivity contribution in [1.29, 1.82) is 0 Å². The Hall–Kier alpha value is -2.69. The molecule has 0 aromatic heterocycles. The number of ketones is 1. The standard InChI is InChI=1S/C15H20O15/c1-5(17)13(23)29-28-9(19)3-7(14(24)30-27-6(2)18)15(25)12(22)11(21)10(20)8(4-16)26-15/h7-8,10-12,16,20-22,25H,3-4H2,1-2H3/t7?,8-,10-,11+,12-,15?/m1/s1. The van der Waals surface area contributed by atoms with E-state index in [4.69, 9.17) is 4.74 Å². The van der Waals surface area contributed by atoms with Gasteiger partial charge < -0.3 is 30.3 Å². The molecule has 1 rings (SSSR count). The smallest absolute Gasteiger partial charge is 0.394 e. The lowest BCUT2D eigenvalue weighted by atomic mass is 9.83. The number of carbonyl (C=O) groups is 5. The van der Waals surface area contributed by atoms with Crippen LogP contribution in [0.5, 0.6) is 0 Å². The van der Waals surface area contributed by atoms with E-state index >= 15 is 0 Å². The Labute approximate surface area is 167 Å². The minimum atomic E-state index is -3.19. The predicted molar refractivity (Wildman–Crippen MR) is 83.8 cm³/mol. The van der Waals surface area contributed by atoms with Gasteiger partial charge >= 0.3 is 23.9 Å². The second-order valence-corrected chi connectivity index (χ2v) is 6.13. The lowest BCUT2D eigenvalue weighted by molar-refractivity contribution is -0.370. The summed E-state index contributed by atoms with van der Waals surface area (Å²) in [5.74, 6) is -12.6. The van der Waals surface area contributed by atoms with Crippen LogP contribution in [0.25, 0.3) is 0 Å². The number of Topliss-reactive ketones (excluding diaryl/α,β-unsaturated/α-hetero) is 1. The van der Waals surface area contributed by atoms with Gasteiger partial charge in [-0.3, -0.25) is 4.79 Å². The molecule has 30 heavy (non-hydrogen) atoms. The van der Waals surface area contributed by atoms with Crippen molar-refractivity contribution in [3.8, 4) is 0 Å². The van der Waals surface area contributed by atoms with Crippen LogP contribution in [0, 0.1) is 5.92 Å². The number of aliphatic hydroxyl groups excluding tert-OH is 4. The molecule has 5 N–H and O–H groups in total. The molecule has 0 radical (unpaired) electrons. The molecule has 1 saturated heterocycles. The Balaban J connectivity index is 3.13. The third kappa shape index (κ3) is 5.91. The molecular weight excluding hydrogens is 420 g/mol. The zero-order chi connectivity index (χ0) is 23.2. The molecule has 0 spiro atoms. The predicted octanol–water partition coefficient (Wildman–Crippen LogP) is -4.23. The molecule has 2 unspecified atom stereocenters. The van der Waals surface area contributed by atoms with Gasteiger partial charge in [-0.1, -0.05) is 0 Å².